The molecule has 1 aliphatic heterocycles. The molecule has 1 saturated heterocycles. The van der Waals surface area contributed by atoms with Crippen LogP contribution in [0.2, 0.25) is 0 Å². The third-order valence-corrected chi connectivity index (χ3v) is 3.92. The molecule has 0 unspecified atom stereocenters. The van der Waals surface area contributed by atoms with Gasteiger partial charge in [-0.1, -0.05) is 61.6 Å². The summed E-state index contributed by atoms with van der Waals surface area (Å²) in [5.41, 5.74) is 0.783. The number of hydrogen-bond acceptors (Lipinski definition) is 2. The molecule has 1 N–H and O–H groups in total. The van der Waals surface area contributed by atoms with Crippen molar-refractivity contribution in [2.24, 2.45) is 0 Å². The van der Waals surface area contributed by atoms with E-state index in [0.717, 1.165) is 38.9 Å². The van der Waals surface area contributed by atoms with Crippen LogP contribution in [0.15, 0.2) is 54.6 Å². The maximum atomic E-state index is 10.2. The van der Waals surface area contributed by atoms with Crippen LogP contribution < -0.4 is 0 Å². The van der Waals surface area contributed by atoms with Crippen molar-refractivity contribution >= 4 is 0 Å². The molecule has 0 saturated carbocycles. The molecule has 2 nitrogen and oxygen atoms in total. The van der Waals surface area contributed by atoms with E-state index in [2.05, 4.69) is 48.2 Å². The van der Waals surface area contributed by atoms with E-state index in [9.17, 15) is 5.11 Å². The van der Waals surface area contributed by atoms with Gasteiger partial charge in [-0.15, -0.1) is 0 Å². The second kappa shape index (κ2) is 10.4. The Balaban J connectivity index is 0.000000422. The van der Waals surface area contributed by atoms with Crippen molar-refractivity contribution in [2.75, 3.05) is 13.1 Å². The summed E-state index contributed by atoms with van der Waals surface area (Å²) in [5, 5.41) is 10.2. The molecule has 1 heterocycles. The topological polar surface area (TPSA) is 23.5 Å². The predicted octanol–water partition coefficient (Wildman–Crippen LogP) is 4.56. The van der Waals surface area contributed by atoms with Gasteiger partial charge in [-0.25, -0.2) is 0 Å². The van der Waals surface area contributed by atoms with E-state index in [0.29, 0.717) is 0 Å². The molecule has 1 aliphatic rings. The van der Waals surface area contributed by atoms with Gasteiger partial charge in [-0.05, 0) is 38.7 Å². The van der Waals surface area contributed by atoms with Crippen LogP contribution >= 0.6 is 0 Å². The molecular formula is C20H31NO. The molecule has 0 bridgehead atoms. The lowest BCUT2D eigenvalue weighted by Crippen LogP contribution is -2.42. The number of nitrogens with zero attached hydrogens (tertiary/aromatic N) is 1. The first-order chi connectivity index (χ1) is 10.6. The SMILES string of the molecule is C/C=C/C1(O)CCN(Cc2ccccc2)CC1.C/C=C\CC. The number of hydrogen-bond donors (Lipinski definition) is 1. The molecule has 1 aromatic carbocycles. The summed E-state index contributed by atoms with van der Waals surface area (Å²) in [6.45, 7) is 9.05. The molecule has 0 aliphatic carbocycles. The van der Waals surface area contributed by atoms with Gasteiger partial charge in [0.1, 0.15) is 0 Å². The maximum absolute atomic E-state index is 10.2. The zero-order chi connectivity index (χ0) is 16.3. The van der Waals surface area contributed by atoms with E-state index in [1.165, 1.54) is 5.56 Å². The molecule has 0 atom stereocenters. The number of benzene rings is 1. The quantitative estimate of drug-likeness (QED) is 0.824. The van der Waals surface area contributed by atoms with E-state index in [1.54, 1.807) is 0 Å². The van der Waals surface area contributed by atoms with Crippen molar-refractivity contribution in [1.82, 2.24) is 4.90 Å². The summed E-state index contributed by atoms with van der Waals surface area (Å²) in [7, 11) is 0. The van der Waals surface area contributed by atoms with E-state index < -0.39 is 5.60 Å². The molecule has 22 heavy (non-hydrogen) atoms. The van der Waals surface area contributed by atoms with E-state index in [1.807, 2.05) is 32.1 Å². The third kappa shape index (κ3) is 7.06. The van der Waals surface area contributed by atoms with Crippen molar-refractivity contribution in [3.05, 3.63) is 60.2 Å². The van der Waals surface area contributed by atoms with E-state index >= 15 is 0 Å². The highest BCUT2D eigenvalue weighted by Gasteiger charge is 2.29. The fraction of sp³-hybridized carbons (Fsp3) is 0.500. The van der Waals surface area contributed by atoms with Gasteiger partial charge < -0.3 is 5.11 Å². The minimum Gasteiger partial charge on any atom is -0.386 e. The van der Waals surface area contributed by atoms with Crippen LogP contribution in [0.4, 0.5) is 0 Å². The monoisotopic (exact) mass is 301 g/mol. The summed E-state index contributed by atoms with van der Waals surface area (Å²) >= 11 is 0. The molecule has 122 valence electrons. The van der Waals surface area contributed by atoms with Crippen LogP contribution in [0, 0.1) is 0 Å². The molecule has 0 radical (unpaired) electrons. The standard InChI is InChI=1S/C15H21NO.C5H10/c1-2-8-15(17)9-11-16(12-10-15)13-14-6-4-3-5-7-14;1-3-5-4-2/h2-8,17H,9-13H2,1H3;3,5H,4H2,1-2H3/b8-2+;5-3-. The Bertz CT molecular complexity index is 442. The van der Waals surface area contributed by atoms with Gasteiger partial charge in [0.2, 0.25) is 0 Å². The number of rotatable bonds is 4. The largest absolute Gasteiger partial charge is 0.386 e. The highest BCUT2D eigenvalue weighted by atomic mass is 16.3. The maximum Gasteiger partial charge on any atom is 0.0852 e. The van der Waals surface area contributed by atoms with Crippen molar-refractivity contribution in [1.29, 1.82) is 0 Å². The number of allylic oxidation sites excluding steroid dienone is 3. The van der Waals surface area contributed by atoms with Crippen molar-refractivity contribution < 1.29 is 5.11 Å². The van der Waals surface area contributed by atoms with Crippen LogP contribution in [-0.2, 0) is 6.54 Å². The van der Waals surface area contributed by atoms with Crippen LogP contribution in [-0.4, -0.2) is 28.7 Å². The molecule has 0 aromatic heterocycles. The van der Waals surface area contributed by atoms with Crippen molar-refractivity contribution in [2.45, 2.75) is 52.2 Å². The van der Waals surface area contributed by atoms with E-state index in [4.69, 9.17) is 0 Å². The van der Waals surface area contributed by atoms with Gasteiger partial charge >= 0.3 is 0 Å². The first-order valence-corrected chi connectivity index (χ1v) is 8.37. The average Bonchev–Trinajstić information content (AvgIpc) is 2.53. The van der Waals surface area contributed by atoms with Crippen LogP contribution in [0.3, 0.4) is 0 Å². The summed E-state index contributed by atoms with van der Waals surface area (Å²) in [5.74, 6) is 0. The number of likely N-dealkylation sites (tertiary alicyclic amines) is 1. The Labute approximate surface area is 136 Å². The molecule has 1 fully saturated rings. The van der Waals surface area contributed by atoms with Gasteiger partial charge in [0.25, 0.3) is 0 Å². The van der Waals surface area contributed by atoms with Crippen molar-refractivity contribution in [3.8, 4) is 0 Å². The first-order valence-electron chi connectivity index (χ1n) is 8.37. The lowest BCUT2D eigenvalue weighted by molar-refractivity contribution is 0.0167. The Morgan fingerprint density at radius 2 is 1.73 bits per heavy atom. The normalized spacial score (nSPS) is 18.4. The van der Waals surface area contributed by atoms with Crippen molar-refractivity contribution in [3.63, 3.8) is 0 Å². The average molecular weight is 301 g/mol. The number of aliphatic hydroxyl groups is 1. The zero-order valence-corrected chi connectivity index (χ0v) is 14.3. The first kappa shape index (κ1) is 18.7. The lowest BCUT2D eigenvalue weighted by Gasteiger charge is -2.36. The third-order valence-electron chi connectivity index (χ3n) is 3.92. The van der Waals surface area contributed by atoms with Crippen LogP contribution in [0.1, 0.15) is 45.6 Å². The molecule has 1 aromatic rings. The summed E-state index contributed by atoms with van der Waals surface area (Å²) in [6, 6.07) is 10.5. The summed E-state index contributed by atoms with van der Waals surface area (Å²) in [6.07, 6.45) is 10.9. The Kier molecular flexibility index (Phi) is 8.79. The number of piperidine rings is 1. The Morgan fingerprint density at radius 1 is 1.09 bits per heavy atom. The fourth-order valence-electron chi connectivity index (χ4n) is 2.65. The molecular weight excluding hydrogens is 270 g/mol. The summed E-state index contributed by atoms with van der Waals surface area (Å²) in [4.78, 5) is 2.41. The molecule has 2 rings (SSSR count). The minimum absolute atomic E-state index is 0.568. The van der Waals surface area contributed by atoms with Gasteiger partial charge in [-0.2, -0.15) is 0 Å². The highest BCUT2D eigenvalue weighted by molar-refractivity contribution is 5.14. The smallest absolute Gasteiger partial charge is 0.0852 e. The van der Waals surface area contributed by atoms with Gasteiger partial charge in [0.05, 0.1) is 5.60 Å². The molecule has 2 heteroatoms. The highest BCUT2D eigenvalue weighted by Crippen LogP contribution is 2.24. The Hall–Kier alpha value is -1.38. The van der Waals surface area contributed by atoms with Gasteiger partial charge in [0.15, 0.2) is 0 Å². The Morgan fingerprint density at radius 3 is 2.18 bits per heavy atom. The van der Waals surface area contributed by atoms with E-state index in [-0.39, 0.29) is 0 Å². The zero-order valence-electron chi connectivity index (χ0n) is 14.3. The second-order valence-electron chi connectivity index (χ2n) is 5.84. The summed E-state index contributed by atoms with van der Waals surface area (Å²) < 4.78 is 0. The van der Waals surface area contributed by atoms with Gasteiger partial charge in [-0.3, -0.25) is 4.90 Å². The lowest BCUT2D eigenvalue weighted by atomic mass is 9.91. The van der Waals surface area contributed by atoms with Gasteiger partial charge in [0, 0.05) is 19.6 Å². The second-order valence-corrected chi connectivity index (χ2v) is 5.84. The van der Waals surface area contributed by atoms with Crippen LogP contribution in [0.25, 0.3) is 0 Å². The predicted molar refractivity (Wildman–Crippen MR) is 95.8 cm³/mol. The minimum atomic E-state index is -0.568. The molecule has 0 spiro atoms. The van der Waals surface area contributed by atoms with Crippen LogP contribution in [0.5, 0.6) is 0 Å². The molecule has 0 amide bonds. The fourth-order valence-corrected chi connectivity index (χ4v) is 2.65.